The Bertz CT molecular complexity index is 471. The summed E-state index contributed by atoms with van der Waals surface area (Å²) in [5.74, 6) is -4.42. The smallest absolute Gasteiger partial charge is 0.304 e. The third-order valence-corrected chi connectivity index (χ3v) is 3.95. The molecule has 0 heterocycles. The lowest BCUT2D eigenvalue weighted by atomic mass is 10.2. The Morgan fingerprint density at radius 1 is 1.18 bits per heavy atom. The summed E-state index contributed by atoms with van der Waals surface area (Å²) in [5.41, 5.74) is 0.866. The lowest BCUT2D eigenvalue weighted by Crippen LogP contribution is -2.45. The van der Waals surface area contributed by atoms with Crippen molar-refractivity contribution in [2.45, 2.75) is 23.9 Å². The van der Waals surface area contributed by atoms with Crippen molar-refractivity contribution in [3.05, 3.63) is 29.8 Å². The van der Waals surface area contributed by atoms with Gasteiger partial charge < -0.3 is 20.4 Å². The molecule has 0 radical (unpaired) electrons. The van der Waals surface area contributed by atoms with Gasteiger partial charge in [-0.05, 0) is 19.1 Å². The maximum Gasteiger partial charge on any atom is 0.304 e. The van der Waals surface area contributed by atoms with Gasteiger partial charge in [0.2, 0.25) is 0 Å². The molecule has 0 fully saturated rings. The summed E-state index contributed by atoms with van der Waals surface area (Å²) in [6, 6.07) is 5.82. The first-order chi connectivity index (χ1) is 7.63. The van der Waals surface area contributed by atoms with Crippen molar-refractivity contribution in [2.24, 2.45) is 0 Å². The summed E-state index contributed by atoms with van der Waals surface area (Å²) < 4.78 is 23.4. The number of aliphatic hydroxyl groups excluding tert-OH is 1. The van der Waals surface area contributed by atoms with E-state index in [0.29, 0.717) is 0 Å². The van der Waals surface area contributed by atoms with Crippen LogP contribution >= 0.6 is 0 Å². The van der Waals surface area contributed by atoms with E-state index in [1.165, 1.54) is 12.1 Å². The summed E-state index contributed by atoms with van der Waals surface area (Å²) >= 11 is 0. The first-order valence-corrected chi connectivity index (χ1v) is 6.43. The fourth-order valence-corrected chi connectivity index (χ4v) is 2.54. The molecule has 17 heavy (non-hydrogen) atoms. The van der Waals surface area contributed by atoms with Gasteiger partial charge in [-0.3, -0.25) is 0 Å². The maximum atomic E-state index is 11.7. The van der Waals surface area contributed by atoms with Gasteiger partial charge in [0.15, 0.2) is 9.84 Å². The van der Waals surface area contributed by atoms with Crippen LogP contribution in [0.4, 0.5) is 0 Å². The Labute approximate surface area is 98.7 Å². The Hall–Kier alpha value is -0.990. The molecule has 0 saturated heterocycles. The van der Waals surface area contributed by atoms with Crippen molar-refractivity contribution < 1.29 is 28.8 Å². The molecule has 1 rings (SSSR count). The number of sulfone groups is 1. The van der Waals surface area contributed by atoms with Crippen LogP contribution in [0.2, 0.25) is 0 Å². The Kier molecular flexibility index (Phi) is 3.90. The lowest BCUT2D eigenvalue weighted by molar-refractivity contribution is -0.350. The highest BCUT2D eigenvalue weighted by atomic mass is 32.2. The van der Waals surface area contributed by atoms with Crippen LogP contribution in [0.1, 0.15) is 5.56 Å². The molecule has 6 nitrogen and oxygen atoms in total. The first-order valence-electron chi connectivity index (χ1n) is 4.77. The Morgan fingerprint density at radius 3 is 2.06 bits per heavy atom. The highest BCUT2D eigenvalue weighted by Crippen LogP contribution is 2.15. The molecule has 96 valence electrons. The number of hydrogen-bond acceptors (Lipinski definition) is 6. The lowest BCUT2D eigenvalue weighted by Gasteiger charge is -2.20. The first kappa shape index (κ1) is 14.1. The van der Waals surface area contributed by atoms with Crippen LogP contribution in [0.25, 0.3) is 0 Å². The van der Waals surface area contributed by atoms with Gasteiger partial charge in [-0.2, -0.15) is 0 Å². The molecule has 0 aliphatic rings. The molecule has 0 aromatic heterocycles. The fraction of sp³-hybridized carbons (Fsp3) is 0.400. The topological polar surface area (TPSA) is 115 Å². The largest absolute Gasteiger partial charge is 0.384 e. The van der Waals surface area contributed by atoms with Crippen LogP contribution in [0, 0.1) is 6.92 Å². The molecule has 0 bridgehead atoms. The van der Waals surface area contributed by atoms with E-state index in [4.69, 9.17) is 20.4 Å². The molecule has 0 aliphatic heterocycles. The second-order valence-electron chi connectivity index (χ2n) is 3.80. The molecule has 0 spiro atoms. The molecule has 7 heteroatoms. The van der Waals surface area contributed by atoms with Crippen molar-refractivity contribution in [1.82, 2.24) is 0 Å². The van der Waals surface area contributed by atoms with E-state index in [1.807, 2.05) is 0 Å². The van der Waals surface area contributed by atoms with Gasteiger partial charge in [0, 0.05) is 0 Å². The summed E-state index contributed by atoms with van der Waals surface area (Å²) in [6.07, 6.45) is -2.20. The monoisotopic (exact) mass is 262 g/mol. The zero-order chi connectivity index (χ0) is 13.3. The number of hydrogen-bond donors (Lipinski definition) is 4. The average molecular weight is 262 g/mol. The fourth-order valence-electron chi connectivity index (χ4n) is 1.16. The molecular formula is C10H14O6S. The zero-order valence-electron chi connectivity index (χ0n) is 9.11. The van der Waals surface area contributed by atoms with E-state index in [1.54, 1.807) is 19.1 Å². The number of aryl methyl sites for hydroxylation is 1. The van der Waals surface area contributed by atoms with Crippen LogP contribution in [-0.2, 0) is 9.84 Å². The molecular weight excluding hydrogens is 248 g/mol. The maximum absolute atomic E-state index is 11.7. The third kappa shape index (κ3) is 3.76. The summed E-state index contributed by atoms with van der Waals surface area (Å²) in [7, 11) is -3.89. The van der Waals surface area contributed by atoms with E-state index in [0.717, 1.165) is 5.56 Å². The van der Waals surface area contributed by atoms with E-state index in [9.17, 15) is 8.42 Å². The predicted molar refractivity (Wildman–Crippen MR) is 58.6 cm³/mol. The van der Waals surface area contributed by atoms with Gasteiger partial charge in [-0.15, -0.1) is 0 Å². The number of benzene rings is 1. The van der Waals surface area contributed by atoms with Crippen molar-refractivity contribution in [1.29, 1.82) is 0 Å². The predicted octanol–water partition coefficient (Wildman–Crippen LogP) is -1.24. The molecule has 1 unspecified atom stereocenters. The van der Waals surface area contributed by atoms with E-state index in [2.05, 4.69) is 0 Å². The molecule has 0 amide bonds. The van der Waals surface area contributed by atoms with E-state index >= 15 is 0 Å². The van der Waals surface area contributed by atoms with Crippen molar-refractivity contribution in [2.75, 3.05) is 5.75 Å². The minimum atomic E-state index is -3.89. The highest BCUT2D eigenvalue weighted by Gasteiger charge is 2.34. The Balaban J connectivity index is 2.94. The van der Waals surface area contributed by atoms with Crippen LogP contribution in [-0.4, -0.2) is 46.7 Å². The second-order valence-corrected chi connectivity index (χ2v) is 5.83. The molecule has 4 N–H and O–H groups in total. The van der Waals surface area contributed by atoms with Crippen LogP contribution in [0.3, 0.4) is 0 Å². The number of aliphatic hydroxyl groups is 4. The third-order valence-electron chi connectivity index (χ3n) is 2.20. The van der Waals surface area contributed by atoms with E-state index < -0.39 is 27.7 Å². The van der Waals surface area contributed by atoms with Gasteiger partial charge in [0.1, 0.15) is 6.10 Å². The molecule has 1 aromatic carbocycles. The summed E-state index contributed by atoms with van der Waals surface area (Å²) in [6.45, 7) is 1.78. The quantitative estimate of drug-likeness (QED) is 0.505. The molecule has 1 atom stereocenters. The summed E-state index contributed by atoms with van der Waals surface area (Å²) in [5, 5.41) is 35.0. The second kappa shape index (κ2) is 4.71. The number of rotatable bonds is 4. The van der Waals surface area contributed by atoms with Crippen LogP contribution in [0.5, 0.6) is 0 Å². The normalized spacial score (nSPS) is 14.6. The minimum Gasteiger partial charge on any atom is -0.384 e. The van der Waals surface area contributed by atoms with Crippen molar-refractivity contribution in [3.8, 4) is 0 Å². The van der Waals surface area contributed by atoms with Gasteiger partial charge in [0.25, 0.3) is 0 Å². The molecule has 0 aliphatic carbocycles. The molecule has 1 aromatic rings. The summed E-state index contributed by atoms with van der Waals surface area (Å²) in [4.78, 5) is -0.0635. The van der Waals surface area contributed by atoms with E-state index in [-0.39, 0.29) is 4.90 Å². The minimum absolute atomic E-state index is 0.0635. The van der Waals surface area contributed by atoms with Crippen LogP contribution < -0.4 is 0 Å². The van der Waals surface area contributed by atoms with Crippen molar-refractivity contribution in [3.63, 3.8) is 0 Å². The van der Waals surface area contributed by atoms with Crippen LogP contribution in [0.15, 0.2) is 29.2 Å². The van der Waals surface area contributed by atoms with Gasteiger partial charge >= 0.3 is 5.97 Å². The van der Waals surface area contributed by atoms with Gasteiger partial charge in [-0.25, -0.2) is 8.42 Å². The molecule has 0 saturated carbocycles. The highest BCUT2D eigenvalue weighted by molar-refractivity contribution is 7.91. The Morgan fingerprint density at radius 2 is 1.65 bits per heavy atom. The van der Waals surface area contributed by atoms with Gasteiger partial charge in [-0.1, -0.05) is 17.7 Å². The van der Waals surface area contributed by atoms with Gasteiger partial charge in [0.05, 0.1) is 10.6 Å². The zero-order valence-corrected chi connectivity index (χ0v) is 9.92. The van der Waals surface area contributed by atoms with Crippen molar-refractivity contribution >= 4 is 9.84 Å². The average Bonchev–Trinajstić information content (AvgIpc) is 2.16. The standard InChI is InChI=1S/C10H14O6S/c1-7-2-4-8(5-3-7)17(15,16)6-9(11)10(12,13)14/h2-5,9,11-14H,6H2,1H3. The SMILES string of the molecule is Cc1ccc(S(=O)(=O)CC(O)C(O)(O)O)cc1.